The predicted octanol–water partition coefficient (Wildman–Crippen LogP) is 5.46. The Balaban J connectivity index is 1.63. The number of imidazole rings is 1. The van der Waals surface area contributed by atoms with Crippen LogP contribution in [0, 0.1) is 5.82 Å². The molecule has 3 aromatic heterocycles. The fraction of sp³-hybridized carbons (Fsp3) is 0.333. The number of ether oxygens (including phenoxy) is 1. The van der Waals surface area contributed by atoms with Crippen molar-refractivity contribution in [1.82, 2.24) is 24.3 Å². The topological polar surface area (TPSA) is 107 Å². The van der Waals surface area contributed by atoms with Crippen molar-refractivity contribution in [3.63, 3.8) is 0 Å². The van der Waals surface area contributed by atoms with Crippen molar-refractivity contribution in [2.45, 2.75) is 52.4 Å². The van der Waals surface area contributed by atoms with E-state index < -0.39 is 40.4 Å². The smallest absolute Gasteiger partial charge is 0.433 e. The Bertz CT molecular complexity index is 1540. The van der Waals surface area contributed by atoms with Gasteiger partial charge in [0.05, 0.1) is 17.3 Å². The fourth-order valence-corrected chi connectivity index (χ4v) is 3.87. The lowest BCUT2D eigenvalue weighted by atomic mass is 10.1. The fourth-order valence-electron chi connectivity index (χ4n) is 3.87. The van der Waals surface area contributed by atoms with Gasteiger partial charge in [-0.1, -0.05) is 0 Å². The molecular weight excluding hydrogens is 496 g/mol. The number of rotatable bonds is 5. The highest BCUT2D eigenvalue weighted by Gasteiger charge is 2.42. The van der Waals surface area contributed by atoms with Crippen molar-refractivity contribution in [2.24, 2.45) is 0 Å². The zero-order valence-corrected chi connectivity index (χ0v) is 20.6. The van der Waals surface area contributed by atoms with E-state index in [1.165, 1.54) is 49.7 Å². The number of H-pyrrole nitrogens is 1. The number of nitrogens with one attached hydrogen (secondary N) is 2. The number of nitrogens with zero attached hydrogens (tertiary/aromatic N) is 4. The van der Waals surface area contributed by atoms with Gasteiger partial charge < -0.3 is 10.1 Å². The summed E-state index contributed by atoms with van der Waals surface area (Å²) in [7, 11) is 0. The first kappa shape index (κ1) is 25.9. The lowest BCUT2D eigenvalue weighted by molar-refractivity contribution is -0.146. The zero-order valence-electron chi connectivity index (χ0n) is 20.6. The van der Waals surface area contributed by atoms with Crippen molar-refractivity contribution in [1.29, 1.82) is 0 Å². The minimum absolute atomic E-state index is 0.0907. The molecule has 0 radical (unpaired) electrons. The third-order valence-corrected chi connectivity index (χ3v) is 5.42. The third kappa shape index (κ3) is 4.93. The Hall–Kier alpha value is -4.16. The van der Waals surface area contributed by atoms with Crippen LogP contribution in [0.3, 0.4) is 0 Å². The van der Waals surface area contributed by atoms with E-state index in [0.29, 0.717) is 5.52 Å². The average Bonchev–Trinajstić information content (AvgIpc) is 3.37. The van der Waals surface area contributed by atoms with Gasteiger partial charge >= 0.3 is 11.9 Å². The Kier molecular flexibility index (Phi) is 6.34. The maximum absolute atomic E-state index is 14.9. The number of amides is 1. The van der Waals surface area contributed by atoms with Crippen molar-refractivity contribution in [2.75, 3.05) is 5.32 Å². The summed E-state index contributed by atoms with van der Waals surface area (Å²) < 4.78 is 64.0. The lowest BCUT2D eigenvalue weighted by Crippen LogP contribution is -2.30. The molecule has 0 saturated carbocycles. The molecule has 0 fully saturated rings. The summed E-state index contributed by atoms with van der Waals surface area (Å²) in [5.41, 5.74) is -2.82. The second kappa shape index (κ2) is 9.05. The maximum Gasteiger partial charge on any atom is 0.433 e. The summed E-state index contributed by atoms with van der Waals surface area (Å²) in [4.78, 5) is 31.7. The van der Waals surface area contributed by atoms with Gasteiger partial charge in [0.15, 0.2) is 28.7 Å². The summed E-state index contributed by atoms with van der Waals surface area (Å²) >= 11 is 0. The normalized spacial score (nSPS) is 12.4. The Morgan fingerprint density at radius 2 is 1.84 bits per heavy atom. The number of hydrogen-bond donors (Lipinski definition) is 2. The standard InChI is InChI=1S/C24H24F4N6O3/c1-12(2)33-18-17(8-9-29-20(18)32-22(33)36)37-16-7-6-13(10-15(16)25)31-21(35)14-11-30-34(23(3,4)5)19(14)24(26,27)28/h6-12H,1-5H3,(H,31,35)(H,29,32,36). The molecule has 4 rings (SSSR count). The number of fused-ring (bicyclic) bond motifs is 1. The van der Waals surface area contributed by atoms with Crippen molar-refractivity contribution < 1.29 is 27.1 Å². The quantitative estimate of drug-likeness (QED) is 0.340. The monoisotopic (exact) mass is 520 g/mol. The molecule has 196 valence electrons. The van der Waals surface area contributed by atoms with Crippen LogP contribution in [0.4, 0.5) is 23.2 Å². The van der Waals surface area contributed by atoms with Gasteiger partial charge in [0.2, 0.25) is 0 Å². The number of halogens is 4. The van der Waals surface area contributed by atoms with E-state index in [1.807, 2.05) is 0 Å². The van der Waals surface area contributed by atoms with Gasteiger partial charge in [0.1, 0.15) is 5.52 Å². The van der Waals surface area contributed by atoms with E-state index in [1.54, 1.807) is 13.8 Å². The van der Waals surface area contributed by atoms with E-state index >= 15 is 0 Å². The minimum atomic E-state index is -4.84. The van der Waals surface area contributed by atoms with Crippen molar-refractivity contribution in [3.8, 4) is 11.5 Å². The van der Waals surface area contributed by atoms with Gasteiger partial charge in [-0.15, -0.1) is 0 Å². The molecule has 2 N–H and O–H groups in total. The van der Waals surface area contributed by atoms with Crippen LogP contribution in [0.5, 0.6) is 11.5 Å². The molecule has 4 aromatic rings. The minimum Gasteiger partial charge on any atom is -0.452 e. The van der Waals surface area contributed by atoms with Crippen molar-refractivity contribution in [3.05, 3.63) is 64.2 Å². The molecule has 0 aliphatic heterocycles. The summed E-state index contributed by atoms with van der Waals surface area (Å²) in [5.74, 6) is -2.05. The number of hydrogen-bond acceptors (Lipinski definition) is 5. The largest absolute Gasteiger partial charge is 0.452 e. The maximum atomic E-state index is 14.9. The summed E-state index contributed by atoms with van der Waals surface area (Å²) in [6.45, 7) is 8.15. The second-order valence-electron chi connectivity index (χ2n) is 9.59. The molecule has 1 amide bonds. The molecule has 0 atom stereocenters. The first-order chi connectivity index (χ1) is 17.2. The number of carbonyl (C=O) groups is 1. The molecule has 9 nitrogen and oxygen atoms in total. The summed E-state index contributed by atoms with van der Waals surface area (Å²) in [6.07, 6.45) is -2.62. The van der Waals surface area contributed by atoms with Crippen LogP contribution in [0.25, 0.3) is 11.2 Å². The van der Waals surface area contributed by atoms with Gasteiger partial charge in [0.25, 0.3) is 5.91 Å². The number of pyridine rings is 1. The SMILES string of the molecule is CC(C)n1c(=O)[nH]c2nccc(Oc3ccc(NC(=O)c4cnn(C(C)(C)C)c4C(F)(F)F)cc3F)c21. The zero-order chi connectivity index (χ0) is 27.3. The Morgan fingerprint density at radius 3 is 2.43 bits per heavy atom. The van der Waals surface area contributed by atoms with Crippen LogP contribution >= 0.6 is 0 Å². The van der Waals surface area contributed by atoms with Gasteiger partial charge in [-0.25, -0.2) is 14.2 Å². The number of aromatic nitrogens is 5. The first-order valence-corrected chi connectivity index (χ1v) is 11.2. The van der Waals surface area contributed by atoms with Gasteiger partial charge in [0, 0.05) is 30.1 Å². The number of anilines is 1. The highest BCUT2D eigenvalue weighted by molar-refractivity contribution is 6.05. The molecule has 0 unspecified atom stereocenters. The summed E-state index contributed by atoms with van der Waals surface area (Å²) in [6, 6.07) is 4.64. The molecule has 0 aliphatic rings. The van der Waals surface area contributed by atoms with Gasteiger partial charge in [-0.2, -0.15) is 18.3 Å². The predicted molar refractivity (Wildman–Crippen MR) is 127 cm³/mol. The van der Waals surface area contributed by atoms with Crippen LogP contribution < -0.4 is 15.7 Å². The van der Waals surface area contributed by atoms with Crippen LogP contribution in [0.1, 0.15) is 56.7 Å². The number of carbonyl (C=O) groups excluding carboxylic acids is 1. The first-order valence-electron chi connectivity index (χ1n) is 11.2. The van der Waals surface area contributed by atoms with Gasteiger partial charge in [-0.05, 0) is 46.8 Å². The van der Waals surface area contributed by atoms with E-state index in [9.17, 15) is 27.2 Å². The van der Waals surface area contributed by atoms with Crippen molar-refractivity contribution >= 4 is 22.8 Å². The number of aromatic amines is 1. The van der Waals surface area contributed by atoms with Crippen LogP contribution in [-0.2, 0) is 11.7 Å². The van der Waals surface area contributed by atoms with E-state index in [0.717, 1.165) is 16.9 Å². The lowest BCUT2D eigenvalue weighted by Gasteiger charge is -2.23. The van der Waals surface area contributed by atoms with E-state index in [2.05, 4.69) is 20.4 Å². The highest BCUT2D eigenvalue weighted by atomic mass is 19.4. The summed E-state index contributed by atoms with van der Waals surface area (Å²) in [5, 5.41) is 6.03. The average molecular weight is 520 g/mol. The van der Waals surface area contributed by atoms with E-state index in [4.69, 9.17) is 4.74 Å². The molecule has 0 saturated heterocycles. The third-order valence-electron chi connectivity index (χ3n) is 5.42. The molecule has 0 bridgehead atoms. The number of alkyl halides is 3. The highest BCUT2D eigenvalue weighted by Crippen LogP contribution is 2.36. The molecule has 0 aliphatic carbocycles. The van der Waals surface area contributed by atoms with Crippen LogP contribution in [0.2, 0.25) is 0 Å². The molecule has 13 heteroatoms. The molecule has 1 aromatic carbocycles. The molecule has 0 spiro atoms. The van der Waals surface area contributed by atoms with Crippen LogP contribution in [0.15, 0.2) is 41.5 Å². The second-order valence-corrected chi connectivity index (χ2v) is 9.59. The molecule has 3 heterocycles. The molecular formula is C24H24F4N6O3. The Morgan fingerprint density at radius 1 is 1.14 bits per heavy atom. The van der Waals surface area contributed by atoms with E-state index in [-0.39, 0.29) is 28.9 Å². The molecule has 37 heavy (non-hydrogen) atoms. The number of benzene rings is 1. The van der Waals surface area contributed by atoms with Gasteiger partial charge in [-0.3, -0.25) is 19.0 Å². The van der Waals surface area contributed by atoms with Crippen LogP contribution in [-0.4, -0.2) is 30.2 Å². The Labute approximate surface area is 208 Å².